The summed E-state index contributed by atoms with van der Waals surface area (Å²) in [7, 11) is 1.89. The van der Waals surface area contributed by atoms with Crippen LogP contribution in [0.15, 0.2) is 24.3 Å². The van der Waals surface area contributed by atoms with E-state index in [9.17, 15) is 4.79 Å². The van der Waals surface area contributed by atoms with E-state index in [0.29, 0.717) is 18.9 Å². The molecule has 0 aliphatic carbocycles. The van der Waals surface area contributed by atoms with Crippen LogP contribution in [0.5, 0.6) is 0 Å². The van der Waals surface area contributed by atoms with Gasteiger partial charge in [0.15, 0.2) is 0 Å². The van der Waals surface area contributed by atoms with Gasteiger partial charge in [0, 0.05) is 20.0 Å². The van der Waals surface area contributed by atoms with Crippen molar-refractivity contribution < 1.29 is 4.79 Å². The molecule has 2 N–H and O–H groups in total. The third kappa shape index (κ3) is 7.81. The summed E-state index contributed by atoms with van der Waals surface area (Å²) in [5, 5.41) is 0. The maximum atomic E-state index is 12.1. The number of nitrogens with zero attached hydrogens (tertiary/aromatic N) is 1. The second-order valence-electron chi connectivity index (χ2n) is 6.10. The summed E-state index contributed by atoms with van der Waals surface area (Å²) in [5.41, 5.74) is 7.99. The molecule has 0 aliphatic heterocycles. The Bertz CT molecular complexity index is 418. The Kier molecular flexibility index (Phi) is 10.9. The van der Waals surface area contributed by atoms with Gasteiger partial charge in [-0.05, 0) is 36.4 Å². The van der Waals surface area contributed by atoms with Gasteiger partial charge >= 0.3 is 0 Å². The van der Waals surface area contributed by atoms with Crippen LogP contribution in [-0.2, 0) is 11.3 Å². The van der Waals surface area contributed by atoms with E-state index in [1.54, 1.807) is 0 Å². The first kappa shape index (κ1) is 20.9. The fraction of sp³-hybridized carbons (Fsp3) is 0.611. The van der Waals surface area contributed by atoms with Gasteiger partial charge in [-0.1, -0.05) is 51.0 Å². The summed E-state index contributed by atoms with van der Waals surface area (Å²) in [6, 6.07) is 8.57. The van der Waals surface area contributed by atoms with Crippen molar-refractivity contribution in [2.75, 3.05) is 13.6 Å². The lowest BCUT2D eigenvalue weighted by Gasteiger charge is -2.18. The minimum atomic E-state index is 0. The van der Waals surface area contributed by atoms with Crippen LogP contribution in [-0.4, -0.2) is 24.4 Å². The molecule has 3 nitrogen and oxygen atoms in total. The van der Waals surface area contributed by atoms with Crippen LogP contribution >= 0.6 is 12.4 Å². The van der Waals surface area contributed by atoms with Crippen molar-refractivity contribution in [3.8, 4) is 0 Å². The topological polar surface area (TPSA) is 46.3 Å². The summed E-state index contributed by atoms with van der Waals surface area (Å²) in [5.74, 6) is 0.780. The lowest BCUT2D eigenvalue weighted by molar-refractivity contribution is -0.130. The summed E-state index contributed by atoms with van der Waals surface area (Å²) in [6.45, 7) is 5.82. The maximum absolute atomic E-state index is 12.1. The molecular weight excluding hydrogens is 296 g/mol. The Balaban J connectivity index is 0.00000441. The van der Waals surface area contributed by atoms with Gasteiger partial charge in [-0.15, -0.1) is 12.4 Å². The second-order valence-corrected chi connectivity index (χ2v) is 6.10. The number of benzene rings is 1. The lowest BCUT2D eigenvalue weighted by atomic mass is 10.0. The van der Waals surface area contributed by atoms with Gasteiger partial charge in [0.25, 0.3) is 0 Å². The van der Waals surface area contributed by atoms with E-state index in [1.807, 2.05) is 11.9 Å². The molecule has 0 fully saturated rings. The number of nitrogens with two attached hydrogens (primary N) is 1. The third-order valence-electron chi connectivity index (χ3n) is 3.84. The van der Waals surface area contributed by atoms with Crippen molar-refractivity contribution >= 4 is 18.3 Å². The smallest absolute Gasteiger partial charge is 0.222 e. The standard InChI is InChI=1S/C18H30N2O.ClH/c1-15(2)17-11-9-16(10-12-17)14-20(3)18(21)8-6-4-5-7-13-19;/h9-12,15H,4-8,13-14,19H2,1-3H3;1H. The van der Waals surface area contributed by atoms with Gasteiger partial charge in [-0.25, -0.2) is 0 Å². The number of carbonyl (C=O) groups excluding carboxylic acids is 1. The lowest BCUT2D eigenvalue weighted by Crippen LogP contribution is -2.25. The average Bonchev–Trinajstić information content (AvgIpc) is 2.47. The number of amides is 1. The van der Waals surface area contributed by atoms with Crippen LogP contribution < -0.4 is 5.73 Å². The number of hydrogen-bond donors (Lipinski definition) is 1. The molecule has 1 aromatic rings. The summed E-state index contributed by atoms with van der Waals surface area (Å²) in [4.78, 5) is 13.9. The fourth-order valence-electron chi connectivity index (χ4n) is 2.33. The summed E-state index contributed by atoms with van der Waals surface area (Å²) >= 11 is 0. The molecule has 0 saturated heterocycles. The molecule has 22 heavy (non-hydrogen) atoms. The number of hydrogen-bond acceptors (Lipinski definition) is 2. The van der Waals surface area contributed by atoms with E-state index in [2.05, 4.69) is 38.1 Å². The second kappa shape index (κ2) is 11.5. The van der Waals surface area contributed by atoms with Crippen molar-refractivity contribution in [1.82, 2.24) is 4.90 Å². The van der Waals surface area contributed by atoms with Crippen molar-refractivity contribution in [3.63, 3.8) is 0 Å². The van der Waals surface area contributed by atoms with E-state index < -0.39 is 0 Å². The minimum absolute atomic E-state index is 0. The average molecular weight is 327 g/mol. The van der Waals surface area contributed by atoms with Gasteiger partial charge in [-0.3, -0.25) is 4.79 Å². The molecule has 0 spiro atoms. The first-order chi connectivity index (χ1) is 10.0. The van der Waals surface area contributed by atoms with E-state index in [1.165, 1.54) is 11.1 Å². The molecule has 0 radical (unpaired) electrons. The number of rotatable bonds is 9. The Morgan fingerprint density at radius 3 is 2.23 bits per heavy atom. The Morgan fingerprint density at radius 2 is 1.68 bits per heavy atom. The van der Waals surface area contributed by atoms with Gasteiger partial charge in [0.05, 0.1) is 0 Å². The zero-order valence-electron chi connectivity index (χ0n) is 14.2. The number of halogens is 1. The Hall–Kier alpha value is -1.06. The third-order valence-corrected chi connectivity index (χ3v) is 3.84. The van der Waals surface area contributed by atoms with Crippen LogP contribution in [0.2, 0.25) is 0 Å². The fourth-order valence-corrected chi connectivity index (χ4v) is 2.33. The first-order valence-corrected chi connectivity index (χ1v) is 8.07. The molecule has 0 atom stereocenters. The molecule has 1 amide bonds. The summed E-state index contributed by atoms with van der Waals surface area (Å²) < 4.78 is 0. The summed E-state index contributed by atoms with van der Waals surface area (Å²) in [6.07, 6.45) is 4.90. The quantitative estimate of drug-likeness (QED) is 0.694. The molecule has 126 valence electrons. The molecule has 0 saturated carbocycles. The predicted octanol–water partition coefficient (Wildman–Crippen LogP) is 4.10. The predicted molar refractivity (Wildman–Crippen MR) is 96.4 cm³/mol. The molecule has 0 aliphatic rings. The molecule has 0 aromatic heterocycles. The Labute approximate surface area is 141 Å². The number of unbranched alkanes of at least 4 members (excludes halogenated alkanes) is 3. The molecule has 0 heterocycles. The monoisotopic (exact) mass is 326 g/mol. The maximum Gasteiger partial charge on any atom is 0.222 e. The largest absolute Gasteiger partial charge is 0.341 e. The number of carbonyl (C=O) groups is 1. The SMILES string of the molecule is CC(C)c1ccc(CN(C)C(=O)CCCCCCN)cc1.Cl. The van der Waals surface area contributed by atoms with Gasteiger partial charge in [-0.2, -0.15) is 0 Å². The van der Waals surface area contributed by atoms with Crippen LogP contribution in [0.4, 0.5) is 0 Å². The van der Waals surface area contributed by atoms with Gasteiger partial charge in [0.1, 0.15) is 0 Å². The first-order valence-electron chi connectivity index (χ1n) is 8.07. The van der Waals surface area contributed by atoms with Crippen molar-refractivity contribution in [2.24, 2.45) is 5.73 Å². The van der Waals surface area contributed by atoms with Crippen LogP contribution in [0, 0.1) is 0 Å². The molecule has 0 bridgehead atoms. The van der Waals surface area contributed by atoms with E-state index in [-0.39, 0.29) is 18.3 Å². The highest BCUT2D eigenvalue weighted by molar-refractivity contribution is 5.85. The molecule has 0 unspecified atom stereocenters. The van der Waals surface area contributed by atoms with Gasteiger partial charge < -0.3 is 10.6 Å². The molecule has 1 rings (SSSR count). The van der Waals surface area contributed by atoms with Crippen LogP contribution in [0.1, 0.15) is 63.0 Å². The Morgan fingerprint density at radius 1 is 1.09 bits per heavy atom. The molecule has 4 heteroatoms. The van der Waals surface area contributed by atoms with Crippen LogP contribution in [0.3, 0.4) is 0 Å². The zero-order chi connectivity index (χ0) is 15.7. The van der Waals surface area contributed by atoms with Crippen molar-refractivity contribution in [3.05, 3.63) is 35.4 Å². The van der Waals surface area contributed by atoms with Gasteiger partial charge in [0.2, 0.25) is 5.91 Å². The zero-order valence-corrected chi connectivity index (χ0v) is 15.0. The highest BCUT2D eigenvalue weighted by Gasteiger charge is 2.09. The minimum Gasteiger partial charge on any atom is -0.341 e. The highest BCUT2D eigenvalue weighted by Crippen LogP contribution is 2.15. The van der Waals surface area contributed by atoms with Crippen LogP contribution in [0.25, 0.3) is 0 Å². The normalized spacial score (nSPS) is 10.4. The van der Waals surface area contributed by atoms with E-state index in [4.69, 9.17) is 5.73 Å². The molecular formula is C18H31ClN2O. The molecule has 1 aromatic carbocycles. The van der Waals surface area contributed by atoms with Crippen molar-refractivity contribution in [1.29, 1.82) is 0 Å². The van der Waals surface area contributed by atoms with E-state index in [0.717, 1.165) is 32.2 Å². The highest BCUT2D eigenvalue weighted by atomic mass is 35.5. The van der Waals surface area contributed by atoms with E-state index >= 15 is 0 Å². The van der Waals surface area contributed by atoms with Crippen molar-refractivity contribution in [2.45, 2.75) is 58.4 Å².